The van der Waals surface area contributed by atoms with E-state index in [0.717, 1.165) is 52.1 Å². The third kappa shape index (κ3) is 2.96. The molecule has 0 radical (unpaired) electrons. The molecule has 0 saturated heterocycles. The van der Waals surface area contributed by atoms with Crippen molar-refractivity contribution >= 4 is 23.5 Å². The number of fused-ring (bicyclic) bond motifs is 2. The van der Waals surface area contributed by atoms with Gasteiger partial charge in [-0.2, -0.15) is 16.9 Å². The summed E-state index contributed by atoms with van der Waals surface area (Å²) >= 11 is 1.82. The lowest BCUT2D eigenvalue weighted by Gasteiger charge is -2.10. The zero-order valence-corrected chi connectivity index (χ0v) is 14.3. The highest BCUT2D eigenvalue weighted by atomic mass is 32.2. The van der Waals surface area contributed by atoms with Gasteiger partial charge in [0.1, 0.15) is 5.82 Å². The summed E-state index contributed by atoms with van der Waals surface area (Å²) < 4.78 is 13.1. The Kier molecular flexibility index (Phi) is 4.10. The molecule has 0 atom stereocenters. The van der Waals surface area contributed by atoms with E-state index in [2.05, 4.69) is 10.4 Å². The Morgan fingerprint density at radius 3 is 3.00 bits per heavy atom. The summed E-state index contributed by atoms with van der Waals surface area (Å²) in [5.41, 5.74) is 3.13. The van der Waals surface area contributed by atoms with Crippen LogP contribution >= 0.6 is 11.8 Å². The van der Waals surface area contributed by atoms with Crippen LogP contribution in [0, 0.1) is 0 Å². The lowest BCUT2D eigenvalue weighted by atomic mass is 10.1. The first-order chi connectivity index (χ1) is 11.7. The van der Waals surface area contributed by atoms with E-state index in [1.54, 1.807) is 4.68 Å². The second-order valence-electron chi connectivity index (χ2n) is 5.95. The summed E-state index contributed by atoms with van der Waals surface area (Å²) in [7, 11) is 1.87. The minimum atomic E-state index is -0.0489. The monoisotopic (exact) mass is 345 g/mol. The molecule has 0 saturated carbocycles. The fourth-order valence-corrected chi connectivity index (χ4v) is 4.01. The van der Waals surface area contributed by atoms with Gasteiger partial charge < -0.3 is 14.8 Å². The number of rotatable bonds is 3. The van der Waals surface area contributed by atoms with Crippen LogP contribution in [0.2, 0.25) is 0 Å². The van der Waals surface area contributed by atoms with Crippen LogP contribution < -0.4 is 14.8 Å². The number of benzene rings is 1. The number of hydrogen-bond acceptors (Lipinski definition) is 5. The highest BCUT2D eigenvalue weighted by molar-refractivity contribution is 7.98. The van der Waals surface area contributed by atoms with Crippen molar-refractivity contribution in [2.45, 2.75) is 24.3 Å². The Morgan fingerprint density at radius 1 is 1.29 bits per heavy atom. The number of aryl methyl sites for hydroxylation is 1. The summed E-state index contributed by atoms with van der Waals surface area (Å²) in [4.78, 5) is 12.4. The minimum Gasteiger partial charge on any atom is -0.490 e. The Bertz CT molecular complexity index is 788. The number of nitrogens with zero attached hydrogens (tertiary/aromatic N) is 2. The molecule has 1 N–H and O–H groups in total. The number of nitrogens with one attached hydrogen (secondary N) is 1. The standard InChI is InChI=1S/C17H19N3O3S/c1-20-17(12-9-24-10-13(12)19-20)18-16(21)8-11-3-4-14-15(7-11)23-6-2-5-22-14/h3-4,7H,2,5-6,8-10H2,1H3,(H,18,21). The van der Waals surface area contributed by atoms with Crippen LogP contribution in [-0.4, -0.2) is 28.9 Å². The Hall–Kier alpha value is -2.15. The molecule has 0 bridgehead atoms. The number of ether oxygens (including phenoxy) is 2. The maximum atomic E-state index is 12.4. The van der Waals surface area contributed by atoms with E-state index in [4.69, 9.17) is 9.47 Å². The largest absolute Gasteiger partial charge is 0.490 e. The van der Waals surface area contributed by atoms with Gasteiger partial charge in [-0.3, -0.25) is 9.48 Å². The number of amides is 1. The van der Waals surface area contributed by atoms with Gasteiger partial charge in [0.2, 0.25) is 5.91 Å². The van der Waals surface area contributed by atoms with Crippen LogP contribution in [-0.2, 0) is 29.8 Å². The SMILES string of the molecule is Cn1nc2c(c1NC(=O)Cc1ccc3c(c1)OCCCO3)CSC2. The average Bonchev–Trinajstić information content (AvgIpc) is 3.02. The van der Waals surface area contributed by atoms with E-state index in [1.807, 2.05) is 37.0 Å². The second-order valence-corrected chi connectivity index (χ2v) is 6.93. The molecule has 1 amide bonds. The van der Waals surface area contributed by atoms with Crippen LogP contribution in [0.15, 0.2) is 18.2 Å². The molecule has 0 unspecified atom stereocenters. The molecule has 7 heteroatoms. The maximum absolute atomic E-state index is 12.4. The van der Waals surface area contributed by atoms with Gasteiger partial charge >= 0.3 is 0 Å². The highest BCUT2D eigenvalue weighted by Gasteiger charge is 2.22. The molecule has 3 heterocycles. The van der Waals surface area contributed by atoms with Crippen molar-refractivity contribution in [3.05, 3.63) is 35.0 Å². The number of carbonyl (C=O) groups is 1. The van der Waals surface area contributed by atoms with Crippen molar-refractivity contribution < 1.29 is 14.3 Å². The summed E-state index contributed by atoms with van der Waals surface area (Å²) in [6, 6.07) is 5.68. The molecule has 0 spiro atoms. The van der Waals surface area contributed by atoms with Crippen LogP contribution in [0.4, 0.5) is 5.82 Å². The van der Waals surface area contributed by atoms with E-state index in [1.165, 1.54) is 0 Å². The van der Waals surface area contributed by atoms with Crippen molar-refractivity contribution in [1.29, 1.82) is 0 Å². The first-order valence-corrected chi connectivity index (χ1v) is 9.17. The third-order valence-corrected chi connectivity index (χ3v) is 5.12. The molecule has 6 nitrogen and oxygen atoms in total. The van der Waals surface area contributed by atoms with Crippen molar-refractivity contribution in [2.75, 3.05) is 18.5 Å². The lowest BCUT2D eigenvalue weighted by Crippen LogP contribution is -2.17. The molecular weight excluding hydrogens is 326 g/mol. The quantitative estimate of drug-likeness (QED) is 0.926. The maximum Gasteiger partial charge on any atom is 0.229 e. The molecular formula is C17H19N3O3S. The third-order valence-electron chi connectivity index (χ3n) is 4.15. The van der Waals surface area contributed by atoms with E-state index in [9.17, 15) is 4.79 Å². The second kappa shape index (κ2) is 6.39. The van der Waals surface area contributed by atoms with Gasteiger partial charge in [0.05, 0.1) is 25.3 Å². The number of hydrogen-bond donors (Lipinski definition) is 1. The Morgan fingerprint density at radius 2 is 2.12 bits per heavy atom. The Balaban J connectivity index is 1.48. The number of anilines is 1. The van der Waals surface area contributed by atoms with Gasteiger partial charge in [-0.05, 0) is 17.7 Å². The van der Waals surface area contributed by atoms with Crippen LogP contribution in [0.5, 0.6) is 11.5 Å². The van der Waals surface area contributed by atoms with Crippen LogP contribution in [0.3, 0.4) is 0 Å². The molecule has 1 aromatic carbocycles. The molecule has 0 fully saturated rings. The van der Waals surface area contributed by atoms with Crippen molar-refractivity contribution in [2.24, 2.45) is 7.05 Å². The van der Waals surface area contributed by atoms with Gasteiger partial charge in [0, 0.05) is 30.5 Å². The van der Waals surface area contributed by atoms with Gasteiger partial charge in [-0.15, -0.1) is 0 Å². The lowest BCUT2D eigenvalue weighted by molar-refractivity contribution is -0.115. The number of aromatic nitrogens is 2. The number of carbonyl (C=O) groups excluding carboxylic acids is 1. The topological polar surface area (TPSA) is 65.4 Å². The summed E-state index contributed by atoms with van der Waals surface area (Å²) in [6.45, 7) is 1.30. The zero-order chi connectivity index (χ0) is 16.5. The van der Waals surface area contributed by atoms with E-state index >= 15 is 0 Å². The summed E-state index contributed by atoms with van der Waals surface area (Å²) in [6.07, 6.45) is 1.16. The van der Waals surface area contributed by atoms with E-state index < -0.39 is 0 Å². The first kappa shape index (κ1) is 15.4. The molecule has 4 rings (SSSR count). The molecule has 2 aliphatic heterocycles. The fourth-order valence-electron chi connectivity index (χ4n) is 2.98. The highest BCUT2D eigenvalue weighted by Crippen LogP contribution is 2.34. The molecule has 2 aromatic rings. The molecule has 0 aliphatic carbocycles. The average molecular weight is 345 g/mol. The summed E-state index contributed by atoms with van der Waals surface area (Å²) in [5, 5.41) is 7.47. The zero-order valence-electron chi connectivity index (χ0n) is 13.5. The van der Waals surface area contributed by atoms with Gasteiger partial charge in [0.25, 0.3) is 0 Å². The van der Waals surface area contributed by atoms with E-state index in [0.29, 0.717) is 19.6 Å². The van der Waals surface area contributed by atoms with E-state index in [-0.39, 0.29) is 5.91 Å². The Labute approximate surface area is 144 Å². The summed E-state index contributed by atoms with van der Waals surface area (Å²) in [5.74, 6) is 4.06. The van der Waals surface area contributed by atoms with Gasteiger partial charge in [-0.25, -0.2) is 0 Å². The van der Waals surface area contributed by atoms with Crippen molar-refractivity contribution in [1.82, 2.24) is 9.78 Å². The molecule has 1 aromatic heterocycles. The smallest absolute Gasteiger partial charge is 0.229 e. The number of thioether (sulfide) groups is 1. The molecule has 24 heavy (non-hydrogen) atoms. The predicted octanol–water partition coefficient (Wildman–Crippen LogP) is 2.51. The van der Waals surface area contributed by atoms with Gasteiger partial charge in [-0.1, -0.05) is 6.07 Å². The molecule has 2 aliphatic rings. The molecule has 126 valence electrons. The van der Waals surface area contributed by atoms with Crippen LogP contribution in [0.1, 0.15) is 23.2 Å². The minimum absolute atomic E-state index is 0.0489. The van der Waals surface area contributed by atoms with Crippen molar-refractivity contribution in [3.63, 3.8) is 0 Å². The van der Waals surface area contributed by atoms with Crippen molar-refractivity contribution in [3.8, 4) is 11.5 Å². The predicted molar refractivity (Wildman–Crippen MR) is 92.6 cm³/mol. The fraction of sp³-hybridized carbons (Fsp3) is 0.412. The first-order valence-electron chi connectivity index (χ1n) is 8.01. The van der Waals surface area contributed by atoms with Crippen LogP contribution in [0.25, 0.3) is 0 Å². The normalized spacial score (nSPS) is 15.7. The van der Waals surface area contributed by atoms with Gasteiger partial charge in [0.15, 0.2) is 11.5 Å².